The van der Waals surface area contributed by atoms with E-state index in [9.17, 15) is 5.26 Å². The first-order chi connectivity index (χ1) is 9.59. The second-order valence-corrected chi connectivity index (χ2v) is 5.39. The van der Waals surface area contributed by atoms with Crippen LogP contribution in [0.5, 0.6) is 0 Å². The molecule has 3 nitrogen and oxygen atoms in total. The third kappa shape index (κ3) is 4.06. The van der Waals surface area contributed by atoms with Gasteiger partial charge in [-0.2, -0.15) is 5.26 Å². The van der Waals surface area contributed by atoms with Gasteiger partial charge in [-0.15, -0.1) is 0 Å². The summed E-state index contributed by atoms with van der Waals surface area (Å²) in [5.41, 5.74) is 0.474. The highest BCUT2D eigenvalue weighted by molar-refractivity contribution is 5.31. The Morgan fingerprint density at radius 1 is 1.25 bits per heavy atom. The molecule has 0 saturated heterocycles. The lowest BCUT2D eigenvalue weighted by molar-refractivity contribution is 0.208. The maximum Gasteiger partial charge on any atom is 0.133 e. The molecule has 0 saturated carbocycles. The van der Waals surface area contributed by atoms with Crippen LogP contribution in [0.1, 0.15) is 39.7 Å². The second kappa shape index (κ2) is 8.04. The molecule has 0 aliphatic carbocycles. The van der Waals surface area contributed by atoms with Gasteiger partial charge >= 0.3 is 0 Å². The average molecular weight is 273 g/mol. The highest BCUT2D eigenvalue weighted by atomic mass is 15.1. The molecule has 1 aromatic carbocycles. The van der Waals surface area contributed by atoms with Crippen molar-refractivity contribution in [3.63, 3.8) is 0 Å². The minimum atomic E-state index is -0.585. The molecule has 0 bridgehead atoms. The first-order valence-corrected chi connectivity index (χ1v) is 7.55. The van der Waals surface area contributed by atoms with Crippen molar-refractivity contribution in [3.8, 4) is 6.07 Å². The molecule has 110 valence electrons. The molecule has 1 rings (SSSR count). The molecule has 0 amide bonds. The molecule has 0 aliphatic rings. The van der Waals surface area contributed by atoms with Crippen molar-refractivity contribution < 1.29 is 0 Å². The van der Waals surface area contributed by atoms with Crippen LogP contribution in [0.4, 0.5) is 0 Å². The fourth-order valence-electron chi connectivity index (χ4n) is 2.61. The molecule has 3 heteroatoms. The maximum absolute atomic E-state index is 9.75. The molecule has 0 radical (unpaired) electrons. The fraction of sp³-hybridized carbons (Fsp3) is 0.588. The van der Waals surface area contributed by atoms with Gasteiger partial charge in [-0.3, -0.25) is 5.32 Å². The van der Waals surface area contributed by atoms with Gasteiger partial charge < -0.3 is 4.90 Å². The topological polar surface area (TPSA) is 39.1 Å². The van der Waals surface area contributed by atoms with Crippen molar-refractivity contribution in [1.82, 2.24) is 10.2 Å². The largest absolute Gasteiger partial charge is 0.301 e. The van der Waals surface area contributed by atoms with Gasteiger partial charge in [0, 0.05) is 12.6 Å². The van der Waals surface area contributed by atoms with Gasteiger partial charge in [0.2, 0.25) is 0 Å². The molecular weight excluding hydrogens is 246 g/mol. The van der Waals surface area contributed by atoms with E-state index in [1.54, 1.807) is 0 Å². The van der Waals surface area contributed by atoms with E-state index < -0.39 is 5.54 Å². The van der Waals surface area contributed by atoms with Crippen LogP contribution in [-0.2, 0) is 5.54 Å². The number of nitrogens with one attached hydrogen (secondary N) is 1. The first-order valence-electron chi connectivity index (χ1n) is 7.55. The number of nitrogens with zero attached hydrogens (tertiary/aromatic N) is 2. The predicted octanol–water partition coefficient (Wildman–Crippen LogP) is 3.14. The molecule has 1 N–H and O–H groups in total. The second-order valence-electron chi connectivity index (χ2n) is 5.39. The summed E-state index contributed by atoms with van der Waals surface area (Å²) in [5.74, 6) is 0. The van der Waals surface area contributed by atoms with Crippen molar-refractivity contribution in [2.45, 2.75) is 45.7 Å². The van der Waals surface area contributed by atoms with Gasteiger partial charge in [0.05, 0.1) is 6.07 Å². The molecule has 0 fully saturated rings. The summed E-state index contributed by atoms with van der Waals surface area (Å²) in [6.45, 7) is 11.3. The number of nitriles is 1. The summed E-state index contributed by atoms with van der Waals surface area (Å²) >= 11 is 0. The summed E-state index contributed by atoms with van der Waals surface area (Å²) in [5, 5.41) is 13.1. The van der Waals surface area contributed by atoms with Gasteiger partial charge in [0.25, 0.3) is 0 Å². The Bertz CT molecular complexity index is 422. The van der Waals surface area contributed by atoms with E-state index in [2.05, 4.69) is 44.0 Å². The highest BCUT2D eigenvalue weighted by Crippen LogP contribution is 2.25. The van der Waals surface area contributed by atoms with Crippen molar-refractivity contribution in [2.75, 3.05) is 19.6 Å². The van der Waals surface area contributed by atoms with E-state index in [1.165, 1.54) is 0 Å². The van der Waals surface area contributed by atoms with E-state index in [4.69, 9.17) is 0 Å². The lowest BCUT2D eigenvalue weighted by Crippen LogP contribution is -2.45. The van der Waals surface area contributed by atoms with Gasteiger partial charge in [-0.05, 0) is 38.9 Å². The van der Waals surface area contributed by atoms with Crippen LogP contribution in [0.25, 0.3) is 0 Å². The molecule has 1 aromatic rings. The van der Waals surface area contributed by atoms with E-state index in [-0.39, 0.29) is 0 Å². The van der Waals surface area contributed by atoms with Gasteiger partial charge in [0.1, 0.15) is 5.54 Å². The molecule has 0 aromatic heterocycles. The summed E-state index contributed by atoms with van der Waals surface area (Å²) < 4.78 is 0. The normalized spacial score (nSPS) is 14.2. The van der Waals surface area contributed by atoms with Crippen molar-refractivity contribution in [3.05, 3.63) is 35.9 Å². The van der Waals surface area contributed by atoms with E-state index >= 15 is 0 Å². The Hall–Kier alpha value is -1.37. The van der Waals surface area contributed by atoms with Crippen LogP contribution < -0.4 is 5.32 Å². The van der Waals surface area contributed by atoms with Crippen LogP contribution in [0.2, 0.25) is 0 Å². The van der Waals surface area contributed by atoms with E-state index in [0.717, 1.165) is 31.6 Å². The molecule has 0 heterocycles. The monoisotopic (exact) mass is 273 g/mol. The zero-order chi connectivity index (χ0) is 15.0. The Balaban J connectivity index is 2.93. The number of hydrogen-bond donors (Lipinski definition) is 1. The maximum atomic E-state index is 9.75. The Kier molecular flexibility index (Phi) is 6.70. The highest BCUT2D eigenvalue weighted by Gasteiger charge is 2.31. The molecule has 1 atom stereocenters. The lowest BCUT2D eigenvalue weighted by atomic mass is 9.87. The third-order valence-electron chi connectivity index (χ3n) is 3.85. The van der Waals surface area contributed by atoms with Crippen LogP contribution in [0.3, 0.4) is 0 Å². The van der Waals surface area contributed by atoms with Gasteiger partial charge in [-0.25, -0.2) is 0 Å². The molecule has 1 unspecified atom stereocenters. The number of benzene rings is 1. The molecular formula is C17H27N3. The Morgan fingerprint density at radius 2 is 1.90 bits per heavy atom. The zero-order valence-corrected chi connectivity index (χ0v) is 13.2. The van der Waals surface area contributed by atoms with Crippen molar-refractivity contribution in [2.24, 2.45) is 0 Å². The first kappa shape index (κ1) is 16.7. The standard InChI is InChI=1S/C17H27N3/c1-5-19-17(14-18,16-10-8-7-9-11-16)12-13-20(6-2)15(3)4/h7-11,15,19H,5-6,12-13H2,1-4H3. The fourth-order valence-corrected chi connectivity index (χ4v) is 2.61. The third-order valence-corrected chi connectivity index (χ3v) is 3.85. The lowest BCUT2D eigenvalue weighted by Gasteiger charge is -2.32. The minimum absolute atomic E-state index is 0.508. The summed E-state index contributed by atoms with van der Waals surface area (Å²) in [6.07, 6.45) is 0.799. The van der Waals surface area contributed by atoms with Gasteiger partial charge in [-0.1, -0.05) is 44.2 Å². The summed E-state index contributed by atoms with van der Waals surface area (Å²) in [6, 6.07) is 13.1. The summed E-state index contributed by atoms with van der Waals surface area (Å²) in [7, 11) is 0. The SMILES string of the molecule is CCNC(C#N)(CCN(CC)C(C)C)c1ccccc1. The van der Waals surface area contributed by atoms with Crippen LogP contribution in [0.15, 0.2) is 30.3 Å². The Labute approximate surface area is 123 Å². The molecule has 0 aliphatic heterocycles. The molecule has 20 heavy (non-hydrogen) atoms. The predicted molar refractivity (Wildman–Crippen MR) is 84.4 cm³/mol. The average Bonchev–Trinajstić information content (AvgIpc) is 2.47. The van der Waals surface area contributed by atoms with Crippen LogP contribution in [-0.4, -0.2) is 30.6 Å². The van der Waals surface area contributed by atoms with Gasteiger partial charge in [0.15, 0.2) is 0 Å². The van der Waals surface area contributed by atoms with E-state index in [1.807, 2.05) is 30.3 Å². The van der Waals surface area contributed by atoms with Crippen LogP contribution >= 0.6 is 0 Å². The smallest absolute Gasteiger partial charge is 0.133 e. The molecule has 0 spiro atoms. The quantitative estimate of drug-likeness (QED) is 0.791. The Morgan fingerprint density at radius 3 is 2.35 bits per heavy atom. The van der Waals surface area contributed by atoms with Crippen molar-refractivity contribution in [1.29, 1.82) is 5.26 Å². The van der Waals surface area contributed by atoms with Crippen LogP contribution in [0, 0.1) is 11.3 Å². The number of rotatable bonds is 8. The van der Waals surface area contributed by atoms with E-state index in [0.29, 0.717) is 6.04 Å². The summed E-state index contributed by atoms with van der Waals surface area (Å²) in [4.78, 5) is 2.40. The number of hydrogen-bond acceptors (Lipinski definition) is 3. The van der Waals surface area contributed by atoms with Crippen molar-refractivity contribution >= 4 is 0 Å². The zero-order valence-electron chi connectivity index (χ0n) is 13.2. The minimum Gasteiger partial charge on any atom is -0.301 e.